The Balaban J connectivity index is 2.12. The van der Waals surface area contributed by atoms with Crippen molar-refractivity contribution in [3.8, 4) is 5.75 Å². The normalized spacial score (nSPS) is 19.0. The summed E-state index contributed by atoms with van der Waals surface area (Å²) in [5, 5.41) is 3.13. The van der Waals surface area contributed by atoms with Gasteiger partial charge in [0, 0.05) is 13.1 Å². The third-order valence-corrected chi connectivity index (χ3v) is 6.13. The predicted octanol–water partition coefficient (Wildman–Crippen LogP) is 1.07. The maximum Gasteiger partial charge on any atom is 0.241 e. The number of amides is 1. The van der Waals surface area contributed by atoms with Gasteiger partial charge in [0.25, 0.3) is 0 Å². The summed E-state index contributed by atoms with van der Waals surface area (Å²) in [5.41, 5.74) is 0. The SMILES string of the molecule is CNCC1CCN(C(=O)C(NS(=O)(=O)c2ccc(OC)cc2)C(C)C)C1. The fourth-order valence-electron chi connectivity index (χ4n) is 3.15. The number of methoxy groups -OCH3 is 1. The van der Waals surface area contributed by atoms with E-state index in [0.29, 0.717) is 24.8 Å². The van der Waals surface area contributed by atoms with Crippen molar-refractivity contribution in [3.63, 3.8) is 0 Å². The van der Waals surface area contributed by atoms with Gasteiger partial charge in [-0.1, -0.05) is 13.8 Å². The first kappa shape index (κ1) is 20.7. The molecule has 2 atom stereocenters. The van der Waals surface area contributed by atoms with Crippen molar-refractivity contribution in [1.82, 2.24) is 14.9 Å². The van der Waals surface area contributed by atoms with Crippen molar-refractivity contribution in [1.29, 1.82) is 0 Å². The lowest BCUT2D eigenvalue weighted by atomic mass is 10.0. The summed E-state index contributed by atoms with van der Waals surface area (Å²) >= 11 is 0. The summed E-state index contributed by atoms with van der Waals surface area (Å²) in [5.74, 6) is 0.678. The van der Waals surface area contributed by atoms with Crippen LogP contribution < -0.4 is 14.8 Å². The van der Waals surface area contributed by atoms with E-state index < -0.39 is 16.1 Å². The van der Waals surface area contributed by atoms with E-state index in [1.54, 1.807) is 17.0 Å². The molecule has 2 unspecified atom stereocenters. The Hall–Kier alpha value is -1.64. The van der Waals surface area contributed by atoms with Crippen LogP contribution in [0.2, 0.25) is 0 Å². The Morgan fingerprint density at radius 1 is 1.31 bits per heavy atom. The number of rotatable bonds is 8. The molecule has 1 saturated heterocycles. The van der Waals surface area contributed by atoms with Crippen LogP contribution in [0.4, 0.5) is 0 Å². The van der Waals surface area contributed by atoms with Gasteiger partial charge in [0.05, 0.1) is 12.0 Å². The van der Waals surface area contributed by atoms with Crippen molar-refractivity contribution >= 4 is 15.9 Å². The summed E-state index contributed by atoms with van der Waals surface area (Å²) in [6.45, 7) is 5.88. The number of nitrogens with one attached hydrogen (secondary N) is 2. The maximum atomic E-state index is 12.9. The van der Waals surface area contributed by atoms with Gasteiger partial charge >= 0.3 is 0 Å². The zero-order valence-electron chi connectivity index (χ0n) is 15.9. The first-order valence-corrected chi connectivity index (χ1v) is 10.4. The highest BCUT2D eigenvalue weighted by Gasteiger charge is 2.34. The first-order chi connectivity index (χ1) is 12.3. The molecule has 0 radical (unpaired) electrons. The van der Waals surface area contributed by atoms with Gasteiger partial charge in [-0.05, 0) is 56.1 Å². The largest absolute Gasteiger partial charge is 0.497 e. The van der Waals surface area contributed by atoms with E-state index in [1.165, 1.54) is 19.2 Å². The van der Waals surface area contributed by atoms with E-state index in [1.807, 2.05) is 20.9 Å². The Labute approximate surface area is 156 Å². The molecule has 1 aliphatic heterocycles. The fraction of sp³-hybridized carbons (Fsp3) is 0.611. The minimum absolute atomic E-state index is 0.117. The van der Waals surface area contributed by atoms with Gasteiger partial charge in [-0.15, -0.1) is 0 Å². The quantitative estimate of drug-likeness (QED) is 0.701. The number of nitrogens with zero attached hydrogens (tertiary/aromatic N) is 1. The Morgan fingerprint density at radius 2 is 1.96 bits per heavy atom. The van der Waals surface area contributed by atoms with Crippen LogP contribution in [0.25, 0.3) is 0 Å². The number of hydrogen-bond acceptors (Lipinski definition) is 5. The minimum atomic E-state index is -3.79. The van der Waals surface area contributed by atoms with Crippen LogP contribution >= 0.6 is 0 Å². The molecule has 0 saturated carbocycles. The summed E-state index contributed by atoms with van der Waals surface area (Å²) in [4.78, 5) is 14.8. The van der Waals surface area contributed by atoms with Crippen LogP contribution in [-0.4, -0.2) is 59.1 Å². The standard InChI is InChI=1S/C18H29N3O4S/c1-13(2)17(18(22)21-10-9-14(12-21)11-19-3)20-26(23,24)16-7-5-15(25-4)6-8-16/h5-8,13-14,17,19-20H,9-12H2,1-4H3. The lowest BCUT2D eigenvalue weighted by Gasteiger charge is -2.27. The molecule has 8 heteroatoms. The molecular formula is C18H29N3O4S. The van der Waals surface area contributed by atoms with Gasteiger partial charge in [-0.2, -0.15) is 4.72 Å². The second-order valence-electron chi connectivity index (χ2n) is 7.02. The molecule has 2 rings (SSSR count). The van der Waals surface area contributed by atoms with E-state index in [0.717, 1.165) is 13.0 Å². The summed E-state index contributed by atoms with van der Waals surface area (Å²) in [6.07, 6.45) is 0.933. The van der Waals surface area contributed by atoms with Gasteiger partial charge in [-0.3, -0.25) is 4.79 Å². The lowest BCUT2D eigenvalue weighted by Crippen LogP contribution is -2.50. The van der Waals surface area contributed by atoms with Crippen LogP contribution in [0.5, 0.6) is 5.75 Å². The van der Waals surface area contributed by atoms with E-state index in [4.69, 9.17) is 4.74 Å². The molecule has 1 amide bonds. The van der Waals surface area contributed by atoms with Gasteiger partial charge in [0.15, 0.2) is 0 Å². The molecule has 0 aromatic heterocycles. The number of carbonyl (C=O) groups excluding carboxylic acids is 1. The van der Waals surface area contributed by atoms with Gasteiger partial charge in [0.2, 0.25) is 15.9 Å². The first-order valence-electron chi connectivity index (χ1n) is 8.88. The second-order valence-corrected chi connectivity index (χ2v) is 8.73. The smallest absolute Gasteiger partial charge is 0.241 e. The second kappa shape index (κ2) is 8.83. The molecule has 1 fully saturated rings. The zero-order chi connectivity index (χ0) is 19.3. The molecule has 26 heavy (non-hydrogen) atoms. The third-order valence-electron chi connectivity index (χ3n) is 4.67. The molecule has 1 aromatic rings. The average molecular weight is 384 g/mol. The summed E-state index contributed by atoms with van der Waals surface area (Å²) < 4.78 is 33.1. The molecule has 1 aromatic carbocycles. The molecular weight excluding hydrogens is 354 g/mol. The Kier molecular flexibility index (Phi) is 7.02. The van der Waals surface area contributed by atoms with Crippen molar-refractivity contribution < 1.29 is 17.9 Å². The highest BCUT2D eigenvalue weighted by molar-refractivity contribution is 7.89. The van der Waals surface area contributed by atoms with Crippen LogP contribution in [0.3, 0.4) is 0 Å². The van der Waals surface area contributed by atoms with E-state index in [-0.39, 0.29) is 16.7 Å². The van der Waals surface area contributed by atoms with Crippen LogP contribution in [0, 0.1) is 11.8 Å². The molecule has 0 spiro atoms. The van der Waals surface area contributed by atoms with Crippen molar-refractivity contribution in [2.75, 3.05) is 33.8 Å². The van der Waals surface area contributed by atoms with E-state index in [9.17, 15) is 13.2 Å². The predicted molar refractivity (Wildman–Crippen MR) is 101 cm³/mol. The van der Waals surface area contributed by atoms with Crippen LogP contribution in [-0.2, 0) is 14.8 Å². The Bertz CT molecular complexity index is 704. The van der Waals surface area contributed by atoms with Crippen molar-refractivity contribution in [2.45, 2.75) is 31.2 Å². The maximum absolute atomic E-state index is 12.9. The van der Waals surface area contributed by atoms with Crippen molar-refractivity contribution in [3.05, 3.63) is 24.3 Å². The number of benzene rings is 1. The average Bonchev–Trinajstić information content (AvgIpc) is 3.08. The number of likely N-dealkylation sites (tertiary alicyclic amines) is 1. The van der Waals surface area contributed by atoms with E-state index >= 15 is 0 Å². The highest BCUT2D eigenvalue weighted by atomic mass is 32.2. The molecule has 7 nitrogen and oxygen atoms in total. The fourth-order valence-corrected chi connectivity index (χ4v) is 4.48. The molecule has 1 aliphatic rings. The monoisotopic (exact) mass is 383 g/mol. The number of sulfonamides is 1. The summed E-state index contributed by atoms with van der Waals surface area (Å²) in [6, 6.07) is 5.34. The van der Waals surface area contributed by atoms with Crippen LogP contribution in [0.1, 0.15) is 20.3 Å². The zero-order valence-corrected chi connectivity index (χ0v) is 16.7. The highest BCUT2D eigenvalue weighted by Crippen LogP contribution is 2.20. The van der Waals surface area contributed by atoms with Crippen LogP contribution in [0.15, 0.2) is 29.2 Å². The molecule has 2 N–H and O–H groups in total. The topological polar surface area (TPSA) is 87.7 Å². The number of ether oxygens (including phenoxy) is 1. The number of hydrogen-bond donors (Lipinski definition) is 2. The van der Waals surface area contributed by atoms with Crippen molar-refractivity contribution in [2.24, 2.45) is 11.8 Å². The molecule has 0 bridgehead atoms. The molecule has 1 heterocycles. The minimum Gasteiger partial charge on any atom is -0.497 e. The molecule has 0 aliphatic carbocycles. The van der Waals surface area contributed by atoms with Gasteiger partial charge in [0.1, 0.15) is 11.8 Å². The molecule has 146 valence electrons. The summed E-state index contributed by atoms with van der Waals surface area (Å²) in [7, 11) is -0.380. The number of carbonyl (C=O) groups is 1. The van der Waals surface area contributed by atoms with Gasteiger partial charge < -0.3 is 15.0 Å². The lowest BCUT2D eigenvalue weighted by molar-refractivity contribution is -0.133. The van der Waals surface area contributed by atoms with E-state index in [2.05, 4.69) is 10.0 Å². The van der Waals surface area contributed by atoms with Gasteiger partial charge in [-0.25, -0.2) is 8.42 Å². The third kappa shape index (κ3) is 4.96. The Morgan fingerprint density at radius 3 is 2.50 bits per heavy atom.